The summed E-state index contributed by atoms with van der Waals surface area (Å²) in [5, 5.41) is 8.60. The lowest BCUT2D eigenvalue weighted by Gasteiger charge is -2.27. The second kappa shape index (κ2) is 6.51. The van der Waals surface area contributed by atoms with Crippen LogP contribution in [0.3, 0.4) is 0 Å². The zero-order chi connectivity index (χ0) is 17.4. The van der Waals surface area contributed by atoms with Gasteiger partial charge in [0.1, 0.15) is 11.6 Å². The Bertz CT molecular complexity index is 850. The van der Waals surface area contributed by atoms with E-state index in [4.69, 9.17) is 4.74 Å². The number of sulfonamides is 1. The molecule has 0 radical (unpaired) electrons. The summed E-state index contributed by atoms with van der Waals surface area (Å²) in [7, 11) is -1.84. The van der Waals surface area contributed by atoms with Gasteiger partial charge in [0.2, 0.25) is 10.0 Å². The fraction of sp³-hybridized carbons (Fsp3) is 0.529. The van der Waals surface area contributed by atoms with Crippen molar-refractivity contribution < 1.29 is 13.2 Å². The summed E-state index contributed by atoms with van der Waals surface area (Å²) in [6, 6.07) is 8.62. The van der Waals surface area contributed by atoms with Gasteiger partial charge in [0.05, 0.1) is 11.5 Å². The van der Waals surface area contributed by atoms with Crippen molar-refractivity contribution >= 4 is 10.0 Å². The van der Waals surface area contributed by atoms with Gasteiger partial charge < -0.3 is 9.30 Å². The van der Waals surface area contributed by atoms with Crippen LogP contribution >= 0.6 is 0 Å². The Hall–Kier alpha value is -1.77. The average Bonchev–Trinajstić information content (AvgIpc) is 3.13. The molecule has 1 saturated heterocycles. The Labute approximate surface area is 147 Å². The molecule has 0 saturated carbocycles. The van der Waals surface area contributed by atoms with E-state index in [0.29, 0.717) is 30.9 Å². The summed E-state index contributed by atoms with van der Waals surface area (Å²) in [4.78, 5) is 0.365. The van der Waals surface area contributed by atoms with Crippen molar-refractivity contribution in [2.24, 2.45) is 0 Å². The van der Waals surface area contributed by atoms with E-state index in [1.807, 2.05) is 6.07 Å². The first kappa shape index (κ1) is 16.7. The predicted molar refractivity (Wildman–Crippen MR) is 91.6 cm³/mol. The lowest BCUT2D eigenvalue weighted by atomic mass is 10.1. The van der Waals surface area contributed by atoms with Gasteiger partial charge >= 0.3 is 0 Å². The highest BCUT2D eigenvalue weighted by atomic mass is 32.2. The molecule has 0 spiro atoms. The van der Waals surface area contributed by atoms with E-state index in [-0.39, 0.29) is 12.1 Å². The van der Waals surface area contributed by atoms with Gasteiger partial charge in [-0.1, -0.05) is 18.2 Å². The van der Waals surface area contributed by atoms with Crippen molar-refractivity contribution in [1.82, 2.24) is 19.1 Å². The number of hydrogen-bond acceptors (Lipinski definition) is 5. The molecular weight excluding hydrogens is 340 g/mol. The first-order valence-corrected chi connectivity index (χ1v) is 10.0. The Balaban J connectivity index is 1.67. The standard InChI is InChI=1S/C17H22N4O3S/c1-24-10-9-16-18-19-17-11-13-7-8-14(12-20(16)17)21(13)25(22,23)15-5-3-2-4-6-15/h2-6,13-14H,7-12H2,1H3. The molecular formula is C17H22N4O3S. The quantitative estimate of drug-likeness (QED) is 0.800. The summed E-state index contributed by atoms with van der Waals surface area (Å²) in [6.45, 7) is 1.20. The number of ether oxygens (including phenoxy) is 1. The van der Waals surface area contributed by atoms with Crippen LogP contribution in [-0.4, -0.2) is 53.3 Å². The van der Waals surface area contributed by atoms with E-state index in [0.717, 1.165) is 24.5 Å². The van der Waals surface area contributed by atoms with Crippen LogP contribution in [0.25, 0.3) is 0 Å². The van der Waals surface area contributed by atoms with Crippen molar-refractivity contribution in [3.05, 3.63) is 42.0 Å². The molecule has 134 valence electrons. The van der Waals surface area contributed by atoms with E-state index >= 15 is 0 Å². The Morgan fingerprint density at radius 1 is 1.16 bits per heavy atom. The van der Waals surface area contributed by atoms with Crippen LogP contribution in [0.4, 0.5) is 0 Å². The minimum absolute atomic E-state index is 0.0454. The van der Waals surface area contributed by atoms with E-state index < -0.39 is 10.0 Å². The summed E-state index contributed by atoms with van der Waals surface area (Å²) in [6.07, 6.45) is 3.05. The monoisotopic (exact) mass is 362 g/mol. The molecule has 4 rings (SSSR count). The molecule has 2 aliphatic heterocycles. The van der Waals surface area contributed by atoms with Crippen LogP contribution < -0.4 is 0 Å². The molecule has 1 fully saturated rings. The zero-order valence-corrected chi connectivity index (χ0v) is 15.0. The summed E-state index contributed by atoms with van der Waals surface area (Å²) < 4.78 is 35.3. The molecule has 3 heterocycles. The maximum absolute atomic E-state index is 13.2. The molecule has 0 aliphatic carbocycles. The number of aromatic nitrogens is 3. The fourth-order valence-corrected chi connectivity index (χ4v) is 5.82. The minimum Gasteiger partial charge on any atom is -0.384 e. The van der Waals surface area contributed by atoms with Crippen molar-refractivity contribution in [1.29, 1.82) is 0 Å². The second-order valence-electron chi connectivity index (χ2n) is 6.62. The summed E-state index contributed by atoms with van der Waals surface area (Å²) in [5.74, 6) is 1.76. The highest BCUT2D eigenvalue weighted by Gasteiger charge is 2.45. The number of fused-ring (bicyclic) bond motifs is 3. The predicted octanol–water partition coefficient (Wildman–Crippen LogP) is 1.24. The van der Waals surface area contributed by atoms with E-state index in [9.17, 15) is 8.42 Å². The first-order chi connectivity index (χ1) is 12.1. The number of rotatable bonds is 5. The van der Waals surface area contributed by atoms with Crippen LogP contribution in [0.5, 0.6) is 0 Å². The third-order valence-corrected chi connectivity index (χ3v) is 7.14. The summed E-state index contributed by atoms with van der Waals surface area (Å²) in [5.41, 5.74) is 0. The van der Waals surface area contributed by atoms with Gasteiger partial charge in [0, 0.05) is 38.6 Å². The molecule has 2 aliphatic rings. The number of benzene rings is 1. The number of methoxy groups -OCH3 is 1. The number of hydrogen-bond donors (Lipinski definition) is 0. The lowest BCUT2D eigenvalue weighted by Crippen LogP contribution is -2.42. The topological polar surface area (TPSA) is 77.3 Å². The maximum atomic E-state index is 13.2. The molecule has 7 nitrogen and oxygen atoms in total. The minimum atomic E-state index is -3.50. The molecule has 1 aromatic heterocycles. The average molecular weight is 362 g/mol. The van der Waals surface area contributed by atoms with Gasteiger partial charge in [-0.25, -0.2) is 8.42 Å². The summed E-state index contributed by atoms with van der Waals surface area (Å²) >= 11 is 0. The first-order valence-electron chi connectivity index (χ1n) is 8.59. The molecule has 25 heavy (non-hydrogen) atoms. The Kier molecular flexibility index (Phi) is 4.35. The molecule has 2 bridgehead atoms. The molecule has 0 N–H and O–H groups in total. The van der Waals surface area contributed by atoms with Crippen LogP contribution in [0, 0.1) is 0 Å². The molecule has 8 heteroatoms. The Morgan fingerprint density at radius 2 is 1.92 bits per heavy atom. The van der Waals surface area contributed by atoms with E-state index in [1.54, 1.807) is 35.7 Å². The van der Waals surface area contributed by atoms with E-state index in [2.05, 4.69) is 14.8 Å². The van der Waals surface area contributed by atoms with Crippen LogP contribution in [0.1, 0.15) is 24.5 Å². The van der Waals surface area contributed by atoms with Crippen molar-refractivity contribution in [2.75, 3.05) is 13.7 Å². The van der Waals surface area contributed by atoms with Gasteiger partial charge in [-0.3, -0.25) is 0 Å². The molecule has 2 aromatic rings. The van der Waals surface area contributed by atoms with Gasteiger partial charge in [-0.15, -0.1) is 10.2 Å². The SMILES string of the molecule is COCCc1nnc2n1CC1CCC(C2)N1S(=O)(=O)c1ccccc1. The van der Waals surface area contributed by atoms with Crippen molar-refractivity contribution in [2.45, 2.75) is 49.2 Å². The smallest absolute Gasteiger partial charge is 0.243 e. The number of nitrogens with zero attached hydrogens (tertiary/aromatic N) is 4. The third-order valence-electron chi connectivity index (χ3n) is 5.12. The van der Waals surface area contributed by atoms with Crippen LogP contribution in [-0.2, 0) is 34.1 Å². The van der Waals surface area contributed by atoms with E-state index in [1.165, 1.54) is 0 Å². The van der Waals surface area contributed by atoms with Crippen molar-refractivity contribution in [3.8, 4) is 0 Å². The van der Waals surface area contributed by atoms with Gasteiger partial charge in [0.15, 0.2) is 0 Å². The lowest BCUT2D eigenvalue weighted by molar-refractivity contribution is 0.199. The molecule has 2 unspecified atom stereocenters. The van der Waals surface area contributed by atoms with Crippen molar-refractivity contribution in [3.63, 3.8) is 0 Å². The van der Waals surface area contributed by atoms with Gasteiger partial charge in [0.25, 0.3) is 0 Å². The highest BCUT2D eigenvalue weighted by molar-refractivity contribution is 7.89. The molecule has 1 aromatic carbocycles. The molecule has 2 atom stereocenters. The Morgan fingerprint density at radius 3 is 2.68 bits per heavy atom. The second-order valence-corrected chi connectivity index (χ2v) is 8.47. The maximum Gasteiger partial charge on any atom is 0.243 e. The zero-order valence-electron chi connectivity index (χ0n) is 14.2. The fourth-order valence-electron chi connectivity index (χ4n) is 3.94. The normalized spacial score (nSPS) is 23.4. The highest BCUT2D eigenvalue weighted by Crippen LogP contribution is 2.36. The largest absolute Gasteiger partial charge is 0.384 e. The molecule has 0 amide bonds. The van der Waals surface area contributed by atoms with Gasteiger partial charge in [-0.2, -0.15) is 4.31 Å². The van der Waals surface area contributed by atoms with Gasteiger partial charge in [-0.05, 0) is 25.0 Å². The van der Waals surface area contributed by atoms with Crippen LogP contribution in [0.15, 0.2) is 35.2 Å². The van der Waals surface area contributed by atoms with Crippen LogP contribution in [0.2, 0.25) is 0 Å². The third kappa shape index (κ3) is 2.88.